The first-order valence-electron chi connectivity index (χ1n) is 8.89. The van der Waals surface area contributed by atoms with Gasteiger partial charge >= 0.3 is 0 Å². The molecule has 1 fully saturated rings. The zero-order valence-electron chi connectivity index (χ0n) is 15.3. The average Bonchev–Trinajstić information content (AvgIpc) is 2.68. The Balaban J connectivity index is 1.72. The summed E-state index contributed by atoms with van der Waals surface area (Å²) in [5.41, 5.74) is 1.73. The van der Waals surface area contributed by atoms with Crippen LogP contribution in [0, 0.1) is 0 Å². The van der Waals surface area contributed by atoms with Crippen LogP contribution in [0.25, 0.3) is 0 Å². The maximum atomic E-state index is 12.9. The second kappa shape index (κ2) is 8.15. The SMILES string of the molecule is CN1CCN(C(=O)CN(C)C(=O)c2ccccc2)[C@H](c2ccccc2)C1. The third-order valence-corrected chi connectivity index (χ3v) is 4.83. The lowest BCUT2D eigenvalue weighted by molar-refractivity contribution is -0.136. The monoisotopic (exact) mass is 351 g/mol. The lowest BCUT2D eigenvalue weighted by Crippen LogP contribution is -2.52. The van der Waals surface area contributed by atoms with Crippen molar-refractivity contribution in [1.82, 2.24) is 14.7 Å². The van der Waals surface area contributed by atoms with Crippen molar-refractivity contribution < 1.29 is 9.59 Å². The summed E-state index contributed by atoms with van der Waals surface area (Å²) in [7, 11) is 3.75. The van der Waals surface area contributed by atoms with Crippen molar-refractivity contribution in [1.29, 1.82) is 0 Å². The molecule has 0 unspecified atom stereocenters. The standard InChI is InChI=1S/C21H25N3O2/c1-22-13-14-24(19(15-22)17-9-5-3-6-10-17)20(25)16-23(2)21(26)18-11-7-4-8-12-18/h3-12,19H,13-16H2,1-2H3/t19-/m0/s1. The van der Waals surface area contributed by atoms with E-state index < -0.39 is 0 Å². The number of piperazine rings is 1. The van der Waals surface area contributed by atoms with Gasteiger partial charge in [-0.05, 0) is 24.7 Å². The van der Waals surface area contributed by atoms with Crippen LogP contribution in [0.5, 0.6) is 0 Å². The largest absolute Gasteiger partial charge is 0.332 e. The zero-order chi connectivity index (χ0) is 18.5. The van der Waals surface area contributed by atoms with Gasteiger partial charge in [0, 0.05) is 32.2 Å². The summed E-state index contributed by atoms with van der Waals surface area (Å²) >= 11 is 0. The molecule has 5 nitrogen and oxygen atoms in total. The van der Waals surface area contributed by atoms with Crippen molar-refractivity contribution in [3.8, 4) is 0 Å². The maximum absolute atomic E-state index is 12.9. The molecule has 1 heterocycles. The molecule has 1 atom stereocenters. The molecule has 2 aromatic rings. The number of rotatable bonds is 4. The molecule has 0 radical (unpaired) electrons. The van der Waals surface area contributed by atoms with E-state index in [4.69, 9.17) is 0 Å². The molecule has 0 spiro atoms. The van der Waals surface area contributed by atoms with Crippen LogP contribution in [0.2, 0.25) is 0 Å². The Morgan fingerprint density at radius 1 is 1.00 bits per heavy atom. The topological polar surface area (TPSA) is 43.9 Å². The maximum Gasteiger partial charge on any atom is 0.254 e. The van der Waals surface area contributed by atoms with E-state index in [2.05, 4.69) is 24.1 Å². The molecule has 136 valence electrons. The molecule has 0 N–H and O–H groups in total. The molecular formula is C21H25N3O2. The predicted molar refractivity (Wildman–Crippen MR) is 102 cm³/mol. The van der Waals surface area contributed by atoms with E-state index in [1.54, 1.807) is 19.2 Å². The van der Waals surface area contributed by atoms with Gasteiger partial charge in [-0.15, -0.1) is 0 Å². The summed E-state index contributed by atoms with van der Waals surface area (Å²) in [6, 6.07) is 19.2. The number of likely N-dealkylation sites (N-methyl/N-ethyl adjacent to an activating group) is 2. The van der Waals surface area contributed by atoms with Crippen LogP contribution in [-0.4, -0.2) is 66.8 Å². The third-order valence-electron chi connectivity index (χ3n) is 4.83. The van der Waals surface area contributed by atoms with Crippen molar-refractivity contribution in [2.45, 2.75) is 6.04 Å². The van der Waals surface area contributed by atoms with Crippen LogP contribution >= 0.6 is 0 Å². The van der Waals surface area contributed by atoms with Gasteiger partial charge in [-0.25, -0.2) is 0 Å². The van der Waals surface area contributed by atoms with Crippen molar-refractivity contribution in [3.05, 3.63) is 71.8 Å². The highest BCUT2D eigenvalue weighted by atomic mass is 16.2. The summed E-state index contributed by atoms with van der Waals surface area (Å²) in [5, 5.41) is 0. The van der Waals surface area contributed by atoms with Gasteiger partial charge in [-0.3, -0.25) is 9.59 Å². The van der Waals surface area contributed by atoms with E-state index in [1.807, 2.05) is 41.3 Å². The number of nitrogens with zero attached hydrogens (tertiary/aromatic N) is 3. The molecule has 1 saturated heterocycles. The molecule has 1 aliphatic rings. The highest BCUT2D eigenvalue weighted by molar-refractivity contribution is 5.96. The van der Waals surface area contributed by atoms with Crippen molar-refractivity contribution in [2.75, 3.05) is 40.3 Å². The highest BCUT2D eigenvalue weighted by Crippen LogP contribution is 2.25. The number of benzene rings is 2. The number of carbonyl (C=O) groups is 2. The molecule has 2 aromatic carbocycles. The Hall–Kier alpha value is -2.66. The van der Waals surface area contributed by atoms with Gasteiger partial charge in [0.05, 0.1) is 12.6 Å². The second-order valence-corrected chi connectivity index (χ2v) is 6.80. The summed E-state index contributed by atoms with van der Waals surface area (Å²) in [6.45, 7) is 2.39. The van der Waals surface area contributed by atoms with Gasteiger partial charge in [-0.2, -0.15) is 0 Å². The van der Waals surface area contributed by atoms with Gasteiger partial charge in [0.25, 0.3) is 5.91 Å². The molecule has 3 rings (SSSR count). The minimum Gasteiger partial charge on any atom is -0.332 e. The zero-order valence-corrected chi connectivity index (χ0v) is 15.3. The van der Waals surface area contributed by atoms with Crippen LogP contribution in [0.3, 0.4) is 0 Å². The fourth-order valence-electron chi connectivity index (χ4n) is 3.35. The molecule has 0 saturated carbocycles. The summed E-state index contributed by atoms with van der Waals surface area (Å²) in [6.07, 6.45) is 0. The third kappa shape index (κ3) is 4.11. The van der Waals surface area contributed by atoms with Crippen molar-refractivity contribution in [3.63, 3.8) is 0 Å². The van der Waals surface area contributed by atoms with E-state index >= 15 is 0 Å². The van der Waals surface area contributed by atoms with Crippen LogP contribution in [0.1, 0.15) is 22.0 Å². The number of carbonyl (C=O) groups excluding carboxylic acids is 2. The summed E-state index contributed by atoms with van der Waals surface area (Å²) in [4.78, 5) is 31.1. The molecular weight excluding hydrogens is 326 g/mol. The molecule has 26 heavy (non-hydrogen) atoms. The van der Waals surface area contributed by atoms with E-state index in [0.29, 0.717) is 12.1 Å². The van der Waals surface area contributed by atoms with Crippen molar-refractivity contribution in [2.24, 2.45) is 0 Å². The first kappa shape index (κ1) is 18.1. The van der Waals surface area contributed by atoms with Crippen LogP contribution in [0.4, 0.5) is 0 Å². The minimum atomic E-state index is -0.135. The van der Waals surface area contributed by atoms with E-state index in [-0.39, 0.29) is 24.4 Å². The Kier molecular flexibility index (Phi) is 5.68. The molecule has 0 aliphatic carbocycles. The van der Waals surface area contributed by atoms with Gasteiger partial charge in [-0.1, -0.05) is 48.5 Å². The normalized spacial score (nSPS) is 17.8. The Labute approximate surface area is 154 Å². The fraction of sp³-hybridized carbons (Fsp3) is 0.333. The van der Waals surface area contributed by atoms with E-state index in [0.717, 1.165) is 18.7 Å². The number of hydrogen-bond acceptors (Lipinski definition) is 3. The molecule has 5 heteroatoms. The second-order valence-electron chi connectivity index (χ2n) is 6.80. The molecule has 2 amide bonds. The molecule has 1 aliphatic heterocycles. The highest BCUT2D eigenvalue weighted by Gasteiger charge is 2.31. The first-order valence-corrected chi connectivity index (χ1v) is 8.89. The van der Waals surface area contributed by atoms with E-state index in [9.17, 15) is 9.59 Å². The van der Waals surface area contributed by atoms with Gasteiger partial charge in [0.1, 0.15) is 0 Å². The van der Waals surface area contributed by atoms with Crippen molar-refractivity contribution >= 4 is 11.8 Å². The quantitative estimate of drug-likeness (QED) is 0.849. The number of hydrogen-bond donors (Lipinski definition) is 0. The lowest BCUT2D eigenvalue weighted by Gasteiger charge is -2.41. The fourth-order valence-corrected chi connectivity index (χ4v) is 3.35. The smallest absolute Gasteiger partial charge is 0.254 e. The number of amides is 2. The Morgan fingerprint density at radius 3 is 2.27 bits per heavy atom. The lowest BCUT2D eigenvalue weighted by atomic mass is 10.0. The first-order chi connectivity index (χ1) is 12.6. The summed E-state index contributed by atoms with van der Waals surface area (Å²) in [5.74, 6) is -0.150. The van der Waals surface area contributed by atoms with E-state index in [1.165, 1.54) is 4.90 Å². The van der Waals surface area contributed by atoms with Gasteiger partial charge < -0.3 is 14.7 Å². The summed E-state index contributed by atoms with van der Waals surface area (Å²) < 4.78 is 0. The Morgan fingerprint density at radius 2 is 1.62 bits per heavy atom. The predicted octanol–water partition coefficient (Wildman–Crippen LogP) is 2.27. The Bertz CT molecular complexity index is 748. The van der Waals surface area contributed by atoms with Gasteiger partial charge in [0.2, 0.25) is 5.91 Å². The average molecular weight is 351 g/mol. The van der Waals surface area contributed by atoms with Crippen LogP contribution in [0.15, 0.2) is 60.7 Å². The minimum absolute atomic E-state index is 0.0151. The molecule has 0 bridgehead atoms. The molecule has 0 aromatic heterocycles. The van der Waals surface area contributed by atoms with Crippen LogP contribution in [-0.2, 0) is 4.79 Å². The van der Waals surface area contributed by atoms with Crippen LogP contribution < -0.4 is 0 Å². The van der Waals surface area contributed by atoms with Gasteiger partial charge in [0.15, 0.2) is 0 Å².